The number of hydrogen-bond donors (Lipinski definition) is 2. The fourth-order valence-electron chi connectivity index (χ4n) is 3.92. The highest BCUT2D eigenvalue weighted by molar-refractivity contribution is 5.88. The second-order valence-electron chi connectivity index (χ2n) is 7.57. The Morgan fingerprint density at radius 3 is 2.52 bits per heavy atom. The Balaban J connectivity index is 1.52. The van der Waals surface area contributed by atoms with Gasteiger partial charge in [-0.25, -0.2) is 0 Å². The Labute approximate surface area is 139 Å². The molecular formula is C18H31N3O2. The van der Waals surface area contributed by atoms with Crippen molar-refractivity contribution in [3.05, 3.63) is 0 Å². The Morgan fingerprint density at radius 2 is 1.78 bits per heavy atom. The van der Waals surface area contributed by atoms with Crippen molar-refractivity contribution in [2.75, 3.05) is 19.6 Å². The average Bonchev–Trinajstić information content (AvgIpc) is 3.38. The molecule has 2 N–H and O–H groups in total. The Morgan fingerprint density at radius 1 is 1.04 bits per heavy atom. The number of carbonyl (C=O) groups excluding carboxylic acids is 2. The molecule has 0 spiro atoms. The summed E-state index contributed by atoms with van der Waals surface area (Å²) in [5.74, 6) is 0.812. The highest BCUT2D eigenvalue weighted by Gasteiger charge is 2.31. The summed E-state index contributed by atoms with van der Waals surface area (Å²) in [6.45, 7) is 2.26. The van der Waals surface area contributed by atoms with Gasteiger partial charge in [0.25, 0.3) is 0 Å². The van der Waals surface area contributed by atoms with Crippen LogP contribution < -0.4 is 10.6 Å². The predicted molar refractivity (Wildman–Crippen MR) is 90.0 cm³/mol. The molecule has 0 bridgehead atoms. The second kappa shape index (κ2) is 8.13. The standard InChI is InChI=1S/C18H31N3O2/c22-17(20-16-8-4-5-11-19-18(16)23)13-21(12-14-9-10-14)15-6-2-1-3-7-15/h14-16H,1-13H2,(H,19,23)(H,20,22). The highest BCUT2D eigenvalue weighted by Crippen LogP contribution is 2.32. The molecule has 5 heteroatoms. The van der Waals surface area contributed by atoms with E-state index in [1.165, 1.54) is 44.9 Å². The number of rotatable bonds is 6. The molecule has 23 heavy (non-hydrogen) atoms. The fraction of sp³-hybridized carbons (Fsp3) is 0.889. The van der Waals surface area contributed by atoms with Gasteiger partial charge in [0.2, 0.25) is 11.8 Å². The average molecular weight is 321 g/mol. The molecule has 0 aromatic heterocycles. The first-order valence-electron chi connectivity index (χ1n) is 9.53. The van der Waals surface area contributed by atoms with Gasteiger partial charge in [-0.15, -0.1) is 0 Å². The van der Waals surface area contributed by atoms with E-state index in [0.29, 0.717) is 12.6 Å². The summed E-state index contributed by atoms with van der Waals surface area (Å²) < 4.78 is 0. The summed E-state index contributed by atoms with van der Waals surface area (Å²) in [5.41, 5.74) is 0. The maximum atomic E-state index is 12.5. The van der Waals surface area contributed by atoms with Crippen LogP contribution in [0.5, 0.6) is 0 Å². The van der Waals surface area contributed by atoms with Gasteiger partial charge in [0.15, 0.2) is 0 Å². The van der Waals surface area contributed by atoms with E-state index in [9.17, 15) is 9.59 Å². The monoisotopic (exact) mass is 321 g/mol. The molecule has 1 heterocycles. The molecule has 1 saturated heterocycles. The zero-order valence-corrected chi connectivity index (χ0v) is 14.2. The topological polar surface area (TPSA) is 61.4 Å². The van der Waals surface area contributed by atoms with Gasteiger partial charge in [-0.1, -0.05) is 19.3 Å². The summed E-state index contributed by atoms with van der Waals surface area (Å²) in [5, 5.41) is 5.87. The molecule has 130 valence electrons. The van der Waals surface area contributed by atoms with Gasteiger partial charge in [0.1, 0.15) is 6.04 Å². The quantitative estimate of drug-likeness (QED) is 0.784. The SMILES string of the molecule is O=C(CN(CC1CC1)C1CCCCC1)NC1CCCCNC1=O. The Hall–Kier alpha value is -1.10. The van der Waals surface area contributed by atoms with Crippen molar-refractivity contribution >= 4 is 11.8 Å². The summed E-state index contributed by atoms with van der Waals surface area (Å²) in [6.07, 6.45) is 11.8. The van der Waals surface area contributed by atoms with E-state index < -0.39 is 0 Å². The molecule has 1 aliphatic heterocycles. The molecule has 0 aromatic rings. The van der Waals surface area contributed by atoms with Crippen LogP contribution in [0.2, 0.25) is 0 Å². The third-order valence-corrected chi connectivity index (χ3v) is 5.50. The van der Waals surface area contributed by atoms with Crippen molar-refractivity contribution < 1.29 is 9.59 Å². The molecule has 0 aromatic carbocycles. The lowest BCUT2D eigenvalue weighted by Crippen LogP contribution is -2.50. The summed E-state index contributed by atoms with van der Waals surface area (Å²) in [6, 6.07) is 0.234. The van der Waals surface area contributed by atoms with E-state index in [0.717, 1.165) is 38.3 Å². The number of carbonyl (C=O) groups is 2. The third kappa shape index (κ3) is 5.20. The summed E-state index contributed by atoms with van der Waals surface area (Å²) in [4.78, 5) is 26.9. The minimum atomic E-state index is -0.334. The van der Waals surface area contributed by atoms with Gasteiger partial charge in [-0.3, -0.25) is 14.5 Å². The lowest BCUT2D eigenvalue weighted by Gasteiger charge is -2.34. The fourth-order valence-corrected chi connectivity index (χ4v) is 3.92. The largest absolute Gasteiger partial charge is 0.354 e. The molecule has 2 saturated carbocycles. The van der Waals surface area contributed by atoms with E-state index in [1.807, 2.05) is 0 Å². The summed E-state index contributed by atoms with van der Waals surface area (Å²) >= 11 is 0. The van der Waals surface area contributed by atoms with Crippen LogP contribution in [0.1, 0.15) is 64.2 Å². The van der Waals surface area contributed by atoms with Crippen molar-refractivity contribution in [2.24, 2.45) is 5.92 Å². The van der Waals surface area contributed by atoms with Crippen LogP contribution in [0.4, 0.5) is 0 Å². The molecule has 2 amide bonds. The molecule has 3 aliphatic rings. The molecule has 3 fully saturated rings. The minimum Gasteiger partial charge on any atom is -0.354 e. The molecule has 2 aliphatic carbocycles. The first kappa shape index (κ1) is 16.7. The number of nitrogens with zero attached hydrogens (tertiary/aromatic N) is 1. The Kier molecular flexibility index (Phi) is 5.92. The van der Waals surface area contributed by atoms with Crippen molar-refractivity contribution in [3.63, 3.8) is 0 Å². The third-order valence-electron chi connectivity index (χ3n) is 5.50. The molecule has 1 atom stereocenters. The second-order valence-corrected chi connectivity index (χ2v) is 7.57. The maximum Gasteiger partial charge on any atom is 0.242 e. The number of hydrogen-bond acceptors (Lipinski definition) is 3. The normalized spacial score (nSPS) is 26.7. The lowest BCUT2D eigenvalue weighted by molar-refractivity contribution is -0.129. The van der Waals surface area contributed by atoms with Crippen LogP contribution in [0.15, 0.2) is 0 Å². The van der Waals surface area contributed by atoms with E-state index in [1.54, 1.807) is 0 Å². The smallest absolute Gasteiger partial charge is 0.242 e. The molecule has 0 radical (unpaired) electrons. The maximum absolute atomic E-state index is 12.5. The van der Waals surface area contributed by atoms with Gasteiger partial charge in [0, 0.05) is 19.1 Å². The van der Waals surface area contributed by atoms with Gasteiger partial charge >= 0.3 is 0 Å². The van der Waals surface area contributed by atoms with Gasteiger partial charge in [0.05, 0.1) is 6.54 Å². The van der Waals surface area contributed by atoms with Crippen molar-refractivity contribution in [2.45, 2.75) is 76.3 Å². The molecule has 1 unspecified atom stereocenters. The minimum absolute atomic E-state index is 0.0118. The van der Waals surface area contributed by atoms with Crippen LogP contribution >= 0.6 is 0 Å². The first-order chi connectivity index (χ1) is 11.2. The van der Waals surface area contributed by atoms with Crippen LogP contribution in [0.3, 0.4) is 0 Å². The van der Waals surface area contributed by atoms with E-state index in [-0.39, 0.29) is 17.9 Å². The Bertz CT molecular complexity index is 416. The van der Waals surface area contributed by atoms with Crippen molar-refractivity contribution in [1.82, 2.24) is 15.5 Å². The molecule has 3 rings (SSSR count). The molecule has 5 nitrogen and oxygen atoms in total. The highest BCUT2D eigenvalue weighted by atomic mass is 16.2. The van der Waals surface area contributed by atoms with Gasteiger partial charge in [-0.2, -0.15) is 0 Å². The number of nitrogens with one attached hydrogen (secondary N) is 2. The van der Waals surface area contributed by atoms with Crippen LogP contribution in [-0.4, -0.2) is 48.4 Å². The first-order valence-corrected chi connectivity index (χ1v) is 9.53. The van der Waals surface area contributed by atoms with E-state index in [4.69, 9.17) is 0 Å². The van der Waals surface area contributed by atoms with E-state index >= 15 is 0 Å². The number of amides is 2. The zero-order valence-electron chi connectivity index (χ0n) is 14.2. The van der Waals surface area contributed by atoms with Crippen molar-refractivity contribution in [3.8, 4) is 0 Å². The van der Waals surface area contributed by atoms with Crippen LogP contribution in [0, 0.1) is 5.92 Å². The van der Waals surface area contributed by atoms with Gasteiger partial charge in [-0.05, 0) is 50.9 Å². The zero-order chi connectivity index (χ0) is 16.1. The van der Waals surface area contributed by atoms with Crippen LogP contribution in [-0.2, 0) is 9.59 Å². The van der Waals surface area contributed by atoms with Crippen LogP contribution in [0.25, 0.3) is 0 Å². The van der Waals surface area contributed by atoms with Gasteiger partial charge < -0.3 is 10.6 Å². The predicted octanol–water partition coefficient (Wildman–Crippen LogP) is 1.82. The summed E-state index contributed by atoms with van der Waals surface area (Å²) in [7, 11) is 0. The van der Waals surface area contributed by atoms with E-state index in [2.05, 4.69) is 15.5 Å². The van der Waals surface area contributed by atoms with Crippen molar-refractivity contribution in [1.29, 1.82) is 0 Å². The lowest BCUT2D eigenvalue weighted by atomic mass is 9.94. The molecular weight excluding hydrogens is 290 g/mol.